The average Bonchev–Trinajstić information content (AvgIpc) is 2.14. The van der Waals surface area contributed by atoms with E-state index in [1.807, 2.05) is 0 Å². The zero-order valence-electron chi connectivity index (χ0n) is 7.58. The molecule has 0 saturated carbocycles. The Morgan fingerprint density at radius 1 is 1.50 bits per heavy atom. The number of carbonyl (C=O) groups is 1. The Hall–Kier alpha value is -1.50. The fourth-order valence-corrected chi connectivity index (χ4v) is 1.02. The molecular formula is C8H5ClF3NO3. The first-order valence-electron chi connectivity index (χ1n) is 3.89. The van der Waals surface area contributed by atoms with Crippen LogP contribution in [0.15, 0.2) is 12.1 Å². The van der Waals surface area contributed by atoms with E-state index in [1.54, 1.807) is 0 Å². The lowest BCUT2D eigenvalue weighted by atomic mass is 10.3. The van der Waals surface area contributed by atoms with Crippen LogP contribution in [0.1, 0.15) is 10.5 Å². The molecule has 8 heteroatoms. The molecule has 1 aromatic heterocycles. The second kappa shape index (κ2) is 4.56. The number of rotatable bonds is 3. The Labute approximate surface area is 92.6 Å². The maximum atomic E-state index is 11.8. The lowest BCUT2D eigenvalue weighted by molar-refractivity contribution is -0.153. The standard InChI is InChI=1S/C8H5ClF3NO3/c9-6-5(16-3-8(10,11)12)2-1-4(13-6)7(14)15/h1-2H,3H2,(H,14,15). The second-order valence-corrected chi connectivity index (χ2v) is 3.05. The minimum Gasteiger partial charge on any atom is -0.481 e. The summed E-state index contributed by atoms with van der Waals surface area (Å²) in [6.45, 7) is -1.51. The summed E-state index contributed by atoms with van der Waals surface area (Å²) in [5.74, 6) is -1.65. The molecule has 0 aliphatic rings. The van der Waals surface area contributed by atoms with Crippen molar-refractivity contribution in [2.24, 2.45) is 0 Å². The van der Waals surface area contributed by atoms with E-state index < -0.39 is 23.9 Å². The number of aromatic nitrogens is 1. The molecular weight excluding hydrogens is 251 g/mol. The molecule has 1 N–H and O–H groups in total. The fourth-order valence-electron chi connectivity index (χ4n) is 0.808. The Morgan fingerprint density at radius 3 is 2.56 bits per heavy atom. The number of hydrogen-bond donors (Lipinski definition) is 1. The van der Waals surface area contributed by atoms with Crippen LogP contribution in [0.4, 0.5) is 13.2 Å². The monoisotopic (exact) mass is 255 g/mol. The molecule has 0 aliphatic carbocycles. The summed E-state index contributed by atoms with van der Waals surface area (Å²) in [4.78, 5) is 13.8. The van der Waals surface area contributed by atoms with Crippen molar-refractivity contribution in [1.82, 2.24) is 4.98 Å². The normalized spacial score (nSPS) is 11.2. The van der Waals surface area contributed by atoms with Gasteiger partial charge in [0.25, 0.3) is 0 Å². The highest BCUT2D eigenvalue weighted by molar-refractivity contribution is 6.31. The molecule has 88 valence electrons. The van der Waals surface area contributed by atoms with Crippen molar-refractivity contribution < 1.29 is 27.8 Å². The number of pyridine rings is 1. The van der Waals surface area contributed by atoms with Gasteiger partial charge in [-0.25, -0.2) is 9.78 Å². The van der Waals surface area contributed by atoms with Crippen molar-refractivity contribution in [1.29, 1.82) is 0 Å². The summed E-state index contributed by atoms with van der Waals surface area (Å²) in [6, 6.07) is 2.02. The number of hydrogen-bond acceptors (Lipinski definition) is 3. The molecule has 4 nitrogen and oxygen atoms in total. The maximum absolute atomic E-state index is 11.8. The third kappa shape index (κ3) is 3.58. The van der Waals surface area contributed by atoms with Crippen molar-refractivity contribution in [2.45, 2.75) is 6.18 Å². The molecule has 0 atom stereocenters. The minimum atomic E-state index is -4.49. The third-order valence-electron chi connectivity index (χ3n) is 1.42. The van der Waals surface area contributed by atoms with Crippen molar-refractivity contribution in [3.8, 4) is 5.75 Å². The van der Waals surface area contributed by atoms with Gasteiger partial charge in [0.2, 0.25) is 0 Å². The lowest BCUT2D eigenvalue weighted by Crippen LogP contribution is -2.19. The van der Waals surface area contributed by atoms with E-state index in [-0.39, 0.29) is 11.4 Å². The minimum absolute atomic E-state index is 0.316. The van der Waals surface area contributed by atoms with Gasteiger partial charge in [0.15, 0.2) is 17.5 Å². The van der Waals surface area contributed by atoms with Gasteiger partial charge in [0.05, 0.1) is 0 Å². The Bertz CT molecular complexity index is 408. The molecule has 0 spiro atoms. The van der Waals surface area contributed by atoms with Crippen LogP contribution in [0.25, 0.3) is 0 Å². The van der Waals surface area contributed by atoms with Crippen molar-refractivity contribution in [3.05, 3.63) is 23.0 Å². The Morgan fingerprint density at radius 2 is 2.12 bits per heavy atom. The first kappa shape index (κ1) is 12.6. The molecule has 0 aromatic carbocycles. The highest BCUT2D eigenvalue weighted by Crippen LogP contribution is 2.24. The summed E-state index contributed by atoms with van der Waals surface area (Å²) in [5.41, 5.74) is -0.371. The average molecular weight is 256 g/mol. The van der Waals surface area contributed by atoms with E-state index in [9.17, 15) is 18.0 Å². The SMILES string of the molecule is O=C(O)c1ccc(OCC(F)(F)F)c(Cl)n1. The zero-order chi connectivity index (χ0) is 12.3. The van der Waals surface area contributed by atoms with Crippen LogP contribution >= 0.6 is 11.6 Å². The Balaban J connectivity index is 2.80. The predicted molar refractivity (Wildman–Crippen MR) is 47.8 cm³/mol. The molecule has 0 saturated heterocycles. The van der Waals surface area contributed by atoms with E-state index in [4.69, 9.17) is 16.7 Å². The highest BCUT2D eigenvalue weighted by Gasteiger charge is 2.29. The topological polar surface area (TPSA) is 59.4 Å². The van der Waals surface area contributed by atoms with Gasteiger partial charge in [0.1, 0.15) is 5.69 Å². The summed E-state index contributed by atoms with van der Waals surface area (Å²) >= 11 is 5.44. The van der Waals surface area contributed by atoms with Crippen LogP contribution in [-0.2, 0) is 0 Å². The molecule has 0 bridgehead atoms. The number of aromatic carboxylic acids is 1. The number of carboxylic acid groups (broad SMARTS) is 1. The van der Waals surface area contributed by atoms with Crippen LogP contribution < -0.4 is 4.74 Å². The van der Waals surface area contributed by atoms with Crippen LogP contribution in [0.3, 0.4) is 0 Å². The molecule has 1 aromatic rings. The zero-order valence-corrected chi connectivity index (χ0v) is 8.34. The van der Waals surface area contributed by atoms with Gasteiger partial charge < -0.3 is 9.84 Å². The third-order valence-corrected chi connectivity index (χ3v) is 1.70. The van der Waals surface area contributed by atoms with E-state index in [0.29, 0.717) is 0 Å². The molecule has 0 radical (unpaired) electrons. The van der Waals surface area contributed by atoms with Crippen LogP contribution in [0.5, 0.6) is 5.75 Å². The van der Waals surface area contributed by atoms with Crippen molar-refractivity contribution in [3.63, 3.8) is 0 Å². The molecule has 0 amide bonds. The molecule has 0 aliphatic heterocycles. The summed E-state index contributed by atoms with van der Waals surface area (Å²) in [7, 11) is 0. The number of halogens is 4. The molecule has 16 heavy (non-hydrogen) atoms. The van der Waals surface area contributed by atoms with Gasteiger partial charge in [-0.1, -0.05) is 11.6 Å². The predicted octanol–water partition coefficient (Wildman–Crippen LogP) is 2.37. The second-order valence-electron chi connectivity index (χ2n) is 2.69. The van der Waals surface area contributed by atoms with E-state index >= 15 is 0 Å². The van der Waals surface area contributed by atoms with E-state index in [0.717, 1.165) is 12.1 Å². The highest BCUT2D eigenvalue weighted by atomic mass is 35.5. The largest absolute Gasteiger partial charge is 0.481 e. The summed E-state index contributed by atoms with van der Waals surface area (Å²) in [6.07, 6.45) is -4.49. The van der Waals surface area contributed by atoms with Crippen LogP contribution in [0.2, 0.25) is 5.15 Å². The quantitative estimate of drug-likeness (QED) is 0.843. The fraction of sp³-hybridized carbons (Fsp3) is 0.250. The molecule has 1 heterocycles. The number of nitrogens with zero attached hydrogens (tertiary/aromatic N) is 1. The summed E-state index contributed by atoms with van der Waals surface area (Å²) in [5, 5.41) is 8.09. The van der Waals surface area contributed by atoms with Crippen LogP contribution in [0, 0.1) is 0 Å². The first-order chi connectivity index (χ1) is 7.29. The number of carboxylic acids is 1. The smallest absolute Gasteiger partial charge is 0.422 e. The molecule has 1 rings (SSSR count). The van der Waals surface area contributed by atoms with Gasteiger partial charge in [-0.15, -0.1) is 0 Å². The van der Waals surface area contributed by atoms with E-state index in [1.165, 1.54) is 0 Å². The number of ether oxygens (including phenoxy) is 1. The van der Waals surface area contributed by atoms with Crippen molar-refractivity contribution in [2.75, 3.05) is 6.61 Å². The van der Waals surface area contributed by atoms with E-state index in [2.05, 4.69) is 9.72 Å². The summed E-state index contributed by atoms with van der Waals surface area (Å²) < 4.78 is 39.7. The van der Waals surface area contributed by atoms with Gasteiger partial charge in [0, 0.05) is 0 Å². The number of alkyl halides is 3. The van der Waals surface area contributed by atoms with Crippen LogP contribution in [-0.4, -0.2) is 28.8 Å². The lowest BCUT2D eigenvalue weighted by Gasteiger charge is -2.09. The van der Waals surface area contributed by atoms with Crippen molar-refractivity contribution >= 4 is 17.6 Å². The molecule has 0 unspecified atom stereocenters. The first-order valence-corrected chi connectivity index (χ1v) is 4.27. The Kier molecular flexibility index (Phi) is 3.58. The van der Waals surface area contributed by atoms with Gasteiger partial charge in [-0.3, -0.25) is 0 Å². The maximum Gasteiger partial charge on any atom is 0.422 e. The van der Waals surface area contributed by atoms with Gasteiger partial charge >= 0.3 is 12.1 Å². The van der Waals surface area contributed by atoms with Gasteiger partial charge in [-0.05, 0) is 12.1 Å². The molecule has 0 fully saturated rings. The van der Waals surface area contributed by atoms with Gasteiger partial charge in [-0.2, -0.15) is 13.2 Å².